The van der Waals surface area contributed by atoms with Crippen LogP contribution in [0.15, 0.2) is 77.7 Å². The number of benzene rings is 3. The second-order valence-corrected chi connectivity index (χ2v) is 11.0. The number of likely N-dealkylation sites (tertiary alicyclic amines) is 1. The van der Waals surface area contributed by atoms with Crippen LogP contribution in [0.5, 0.6) is 0 Å². The molecule has 0 bridgehead atoms. The van der Waals surface area contributed by atoms with Gasteiger partial charge in [-0.25, -0.2) is 0 Å². The van der Waals surface area contributed by atoms with Gasteiger partial charge >= 0.3 is 10.1 Å². The maximum Gasteiger partial charge on any atom is 0.317 e. The van der Waals surface area contributed by atoms with E-state index >= 15 is 0 Å². The van der Waals surface area contributed by atoms with Crippen molar-refractivity contribution >= 4 is 39.3 Å². The summed E-state index contributed by atoms with van der Waals surface area (Å²) in [6.07, 6.45) is 3.84. The monoisotopic (exact) mass is 537 g/mol. The number of nitrogens with zero attached hydrogens (tertiary/aromatic N) is 2. The van der Waals surface area contributed by atoms with Gasteiger partial charge in [-0.05, 0) is 67.4 Å². The summed E-state index contributed by atoms with van der Waals surface area (Å²) in [6.45, 7) is 3.30. The summed E-state index contributed by atoms with van der Waals surface area (Å²) in [5.74, 6) is -0.468. The molecular weight excluding hydrogens is 510 g/mol. The number of hydrogen-bond acceptors (Lipinski definition) is 5. The number of carbonyl (C=O) groups is 1. The molecule has 9 heteroatoms. The number of rotatable bonds is 6. The van der Waals surface area contributed by atoms with Gasteiger partial charge in [-0.1, -0.05) is 48.9 Å². The Morgan fingerprint density at radius 1 is 0.892 bits per heavy atom. The number of aromatic amines is 1. The lowest BCUT2D eigenvalue weighted by molar-refractivity contribution is -0.0269. The van der Waals surface area contributed by atoms with Crippen molar-refractivity contribution in [2.45, 2.75) is 37.2 Å². The standard InChI is InChI=1S/C28H27N3O4S.ClH/c32-28-27-21(19-31(28)35-36(33,34)23-9-3-1-4-10-23)8-7-11-24(27)26-17-22-16-20(12-13-25(22)29-26)18-30-14-5-2-6-15-30;/h1,3-4,7-13,16-17,29H,2,5-6,14-15,18-19H2;1H. The van der Waals surface area contributed by atoms with E-state index in [1.165, 1.54) is 37.0 Å². The molecule has 1 fully saturated rings. The normalized spacial score (nSPS) is 16.1. The van der Waals surface area contributed by atoms with Gasteiger partial charge in [0, 0.05) is 28.7 Å². The smallest absolute Gasteiger partial charge is 0.317 e. The van der Waals surface area contributed by atoms with E-state index in [2.05, 4.69) is 34.1 Å². The Morgan fingerprint density at radius 3 is 2.46 bits per heavy atom. The fourth-order valence-electron chi connectivity index (χ4n) is 5.17. The van der Waals surface area contributed by atoms with Crippen LogP contribution in [0, 0.1) is 0 Å². The SMILES string of the molecule is Cl.O=C1c2c(cccc2-c2cc3cc(CN4CCCCC4)ccc3[nH]2)CN1OS(=O)(=O)c1ccccc1. The van der Waals surface area contributed by atoms with E-state index in [1.54, 1.807) is 18.2 Å². The highest BCUT2D eigenvalue weighted by Crippen LogP contribution is 2.35. The maximum absolute atomic E-state index is 13.3. The highest BCUT2D eigenvalue weighted by molar-refractivity contribution is 7.86. The van der Waals surface area contributed by atoms with E-state index < -0.39 is 16.0 Å². The van der Waals surface area contributed by atoms with Crippen molar-refractivity contribution in [2.24, 2.45) is 0 Å². The molecule has 4 aromatic rings. The summed E-state index contributed by atoms with van der Waals surface area (Å²) in [5.41, 5.74) is 5.00. The predicted octanol–water partition coefficient (Wildman–Crippen LogP) is 5.52. The third kappa shape index (κ3) is 5.02. The third-order valence-corrected chi connectivity index (χ3v) is 8.18. The number of carbonyl (C=O) groups excluding carboxylic acids is 1. The van der Waals surface area contributed by atoms with Gasteiger partial charge in [0.2, 0.25) is 0 Å². The minimum Gasteiger partial charge on any atom is -0.355 e. The molecule has 0 unspecified atom stereocenters. The molecule has 0 aliphatic carbocycles. The lowest BCUT2D eigenvalue weighted by atomic mass is 10.0. The highest BCUT2D eigenvalue weighted by atomic mass is 35.5. The molecule has 1 saturated heterocycles. The molecule has 7 nitrogen and oxygen atoms in total. The Labute approximate surface area is 222 Å². The topological polar surface area (TPSA) is 82.7 Å². The Morgan fingerprint density at radius 2 is 1.68 bits per heavy atom. The van der Waals surface area contributed by atoms with Gasteiger partial charge in [0.05, 0.1) is 17.0 Å². The second kappa shape index (κ2) is 10.3. The second-order valence-electron chi connectivity index (χ2n) is 9.46. The molecule has 37 heavy (non-hydrogen) atoms. The summed E-state index contributed by atoms with van der Waals surface area (Å²) in [7, 11) is -4.12. The number of aromatic nitrogens is 1. The largest absolute Gasteiger partial charge is 0.355 e. The molecule has 0 radical (unpaired) electrons. The van der Waals surface area contributed by atoms with Gasteiger partial charge in [-0.3, -0.25) is 9.69 Å². The number of amides is 1. The molecule has 0 spiro atoms. The first-order valence-electron chi connectivity index (χ1n) is 12.3. The number of hydroxylamine groups is 2. The van der Waals surface area contributed by atoms with Gasteiger partial charge in [0.1, 0.15) is 0 Å². The van der Waals surface area contributed by atoms with Crippen molar-refractivity contribution in [2.75, 3.05) is 13.1 Å². The average Bonchev–Trinajstić information content (AvgIpc) is 3.45. The van der Waals surface area contributed by atoms with Gasteiger partial charge < -0.3 is 4.98 Å². The minimum absolute atomic E-state index is 0. The first-order valence-corrected chi connectivity index (χ1v) is 13.7. The van der Waals surface area contributed by atoms with Crippen LogP contribution in [0.25, 0.3) is 22.2 Å². The third-order valence-electron chi connectivity index (χ3n) is 6.96. The summed E-state index contributed by atoms with van der Waals surface area (Å²) in [6, 6.07) is 21.9. The van der Waals surface area contributed by atoms with Crippen molar-refractivity contribution in [3.8, 4) is 11.3 Å². The van der Waals surface area contributed by atoms with E-state index in [-0.39, 0.29) is 23.8 Å². The molecule has 3 heterocycles. The molecule has 2 aliphatic heterocycles. The van der Waals surface area contributed by atoms with Crippen LogP contribution in [0.2, 0.25) is 0 Å². The van der Waals surface area contributed by atoms with E-state index in [9.17, 15) is 13.2 Å². The quantitative estimate of drug-likeness (QED) is 0.350. The summed E-state index contributed by atoms with van der Waals surface area (Å²) < 4.78 is 30.7. The van der Waals surface area contributed by atoms with E-state index in [0.29, 0.717) is 5.56 Å². The molecule has 1 aromatic heterocycles. The van der Waals surface area contributed by atoms with Crippen molar-refractivity contribution < 1.29 is 17.5 Å². The van der Waals surface area contributed by atoms with E-state index in [1.807, 2.05) is 18.2 Å². The van der Waals surface area contributed by atoms with Crippen molar-refractivity contribution in [1.82, 2.24) is 14.9 Å². The van der Waals surface area contributed by atoms with E-state index in [4.69, 9.17) is 4.28 Å². The summed E-state index contributed by atoms with van der Waals surface area (Å²) in [5, 5.41) is 2.01. The Kier molecular flexibility index (Phi) is 7.09. The van der Waals surface area contributed by atoms with Crippen molar-refractivity contribution in [3.63, 3.8) is 0 Å². The maximum atomic E-state index is 13.3. The lowest BCUT2D eigenvalue weighted by Gasteiger charge is -2.26. The molecule has 0 atom stereocenters. The van der Waals surface area contributed by atoms with Gasteiger partial charge in [-0.15, -0.1) is 16.7 Å². The number of halogens is 1. The Hall–Kier alpha value is -3.17. The molecule has 2 aliphatic rings. The zero-order chi connectivity index (χ0) is 24.7. The number of hydrogen-bond donors (Lipinski definition) is 1. The van der Waals surface area contributed by atoms with Crippen LogP contribution in [0.4, 0.5) is 0 Å². The fraction of sp³-hybridized carbons (Fsp3) is 0.250. The minimum atomic E-state index is -4.12. The summed E-state index contributed by atoms with van der Waals surface area (Å²) in [4.78, 5) is 19.2. The van der Waals surface area contributed by atoms with Gasteiger partial charge in [0.25, 0.3) is 5.91 Å². The zero-order valence-corrected chi connectivity index (χ0v) is 21.9. The van der Waals surface area contributed by atoms with Crippen LogP contribution in [0.3, 0.4) is 0 Å². The lowest BCUT2D eigenvalue weighted by Crippen LogP contribution is -2.28. The van der Waals surface area contributed by atoms with Gasteiger partial charge in [0.15, 0.2) is 0 Å². The van der Waals surface area contributed by atoms with Crippen LogP contribution in [0.1, 0.15) is 40.7 Å². The summed E-state index contributed by atoms with van der Waals surface area (Å²) >= 11 is 0. The Balaban J connectivity index is 0.00000280. The number of fused-ring (bicyclic) bond motifs is 2. The number of nitrogens with one attached hydrogen (secondary N) is 1. The molecule has 192 valence electrons. The molecule has 0 saturated carbocycles. The first kappa shape index (κ1) is 25.5. The van der Waals surface area contributed by atoms with Crippen molar-refractivity contribution in [3.05, 3.63) is 89.5 Å². The molecule has 6 rings (SSSR count). The average molecular weight is 538 g/mol. The molecular formula is C28H28ClN3O4S. The Bertz CT molecular complexity index is 1550. The molecule has 3 aromatic carbocycles. The first-order chi connectivity index (χ1) is 17.5. The van der Waals surface area contributed by atoms with Crippen LogP contribution in [-0.2, 0) is 27.5 Å². The number of piperidine rings is 1. The van der Waals surface area contributed by atoms with Gasteiger partial charge in [-0.2, -0.15) is 13.5 Å². The van der Waals surface area contributed by atoms with Crippen LogP contribution < -0.4 is 0 Å². The van der Waals surface area contributed by atoms with E-state index in [0.717, 1.165) is 52.4 Å². The zero-order valence-electron chi connectivity index (χ0n) is 20.2. The highest BCUT2D eigenvalue weighted by Gasteiger charge is 2.35. The van der Waals surface area contributed by atoms with Crippen LogP contribution in [-0.4, -0.2) is 42.4 Å². The molecule has 1 amide bonds. The number of H-pyrrole nitrogens is 1. The van der Waals surface area contributed by atoms with Crippen LogP contribution >= 0.6 is 12.4 Å². The molecule has 1 N–H and O–H groups in total. The predicted molar refractivity (Wildman–Crippen MR) is 145 cm³/mol. The fourth-order valence-corrected chi connectivity index (χ4v) is 6.10. The van der Waals surface area contributed by atoms with Crippen molar-refractivity contribution in [1.29, 1.82) is 0 Å².